The van der Waals surface area contributed by atoms with E-state index in [0.717, 1.165) is 41.3 Å². The number of hydrogen-bond acceptors (Lipinski definition) is 4. The second-order valence-electron chi connectivity index (χ2n) is 7.40. The topological polar surface area (TPSA) is 54.5 Å². The molecule has 25 heavy (non-hydrogen) atoms. The number of anilines is 1. The summed E-state index contributed by atoms with van der Waals surface area (Å²) in [5.74, 6) is 0. The summed E-state index contributed by atoms with van der Waals surface area (Å²) >= 11 is 3.54. The van der Waals surface area contributed by atoms with Crippen LogP contribution in [0.4, 0.5) is 10.5 Å². The zero-order valence-electron chi connectivity index (χ0n) is 14.9. The molecule has 6 heteroatoms. The van der Waals surface area contributed by atoms with Crippen LogP contribution in [0.15, 0.2) is 34.9 Å². The smallest absolute Gasteiger partial charge is 0.407 e. The molecule has 0 saturated carbocycles. The molecular formula is C19H24BrN3O2. The summed E-state index contributed by atoms with van der Waals surface area (Å²) in [6, 6.07) is 8.38. The first-order valence-corrected chi connectivity index (χ1v) is 9.40. The van der Waals surface area contributed by atoms with Crippen LogP contribution in [0.2, 0.25) is 0 Å². The molecule has 134 valence electrons. The lowest BCUT2D eigenvalue weighted by Crippen LogP contribution is -2.46. The molecule has 1 aliphatic heterocycles. The minimum atomic E-state index is -0.464. The molecule has 1 amide bonds. The van der Waals surface area contributed by atoms with Crippen LogP contribution in [0.5, 0.6) is 0 Å². The van der Waals surface area contributed by atoms with E-state index in [2.05, 4.69) is 43.3 Å². The number of ether oxygens (including phenoxy) is 1. The molecule has 2 heterocycles. The molecule has 0 aliphatic carbocycles. The van der Waals surface area contributed by atoms with Crippen molar-refractivity contribution in [1.29, 1.82) is 0 Å². The normalized spacial score (nSPS) is 16.1. The van der Waals surface area contributed by atoms with Gasteiger partial charge in [0.1, 0.15) is 5.60 Å². The number of rotatable bonds is 2. The molecular weight excluding hydrogens is 382 g/mol. The Morgan fingerprint density at radius 1 is 1.28 bits per heavy atom. The molecule has 1 fully saturated rings. The summed E-state index contributed by atoms with van der Waals surface area (Å²) in [4.78, 5) is 18.7. The van der Waals surface area contributed by atoms with Gasteiger partial charge in [0.2, 0.25) is 0 Å². The molecule has 1 saturated heterocycles. The Morgan fingerprint density at radius 2 is 2.00 bits per heavy atom. The van der Waals surface area contributed by atoms with E-state index in [9.17, 15) is 4.79 Å². The van der Waals surface area contributed by atoms with Crippen molar-refractivity contribution in [2.75, 3.05) is 18.0 Å². The zero-order valence-corrected chi connectivity index (χ0v) is 16.5. The maximum absolute atomic E-state index is 11.9. The number of benzene rings is 1. The summed E-state index contributed by atoms with van der Waals surface area (Å²) in [5, 5.41) is 4.13. The second kappa shape index (κ2) is 7.20. The molecule has 5 nitrogen and oxygen atoms in total. The molecule has 1 aromatic carbocycles. The van der Waals surface area contributed by atoms with Gasteiger partial charge in [0.25, 0.3) is 0 Å². The van der Waals surface area contributed by atoms with Crippen molar-refractivity contribution >= 4 is 38.6 Å². The van der Waals surface area contributed by atoms with E-state index < -0.39 is 5.60 Å². The van der Waals surface area contributed by atoms with Crippen LogP contribution in [0.25, 0.3) is 10.9 Å². The van der Waals surface area contributed by atoms with Gasteiger partial charge in [-0.15, -0.1) is 0 Å². The van der Waals surface area contributed by atoms with E-state index in [0.29, 0.717) is 0 Å². The number of pyridine rings is 1. The van der Waals surface area contributed by atoms with Crippen LogP contribution in [-0.2, 0) is 4.74 Å². The quantitative estimate of drug-likeness (QED) is 0.799. The van der Waals surface area contributed by atoms with Crippen LogP contribution in [0.3, 0.4) is 0 Å². The van der Waals surface area contributed by atoms with E-state index in [1.807, 2.05) is 39.1 Å². The standard InChI is InChI=1S/C19H24BrN3O2/c1-19(2,3)25-18(24)22-14-7-10-23(11-8-14)17-6-9-21-16-5-4-13(20)12-15(16)17/h4-6,9,12,14H,7-8,10-11H2,1-3H3,(H,22,24). The number of carbonyl (C=O) groups excluding carboxylic acids is 1. The number of alkyl carbamates (subject to hydrolysis) is 1. The van der Waals surface area contributed by atoms with Crippen LogP contribution >= 0.6 is 15.9 Å². The minimum Gasteiger partial charge on any atom is -0.444 e. The Balaban J connectivity index is 1.65. The number of amides is 1. The second-order valence-corrected chi connectivity index (χ2v) is 8.31. The van der Waals surface area contributed by atoms with E-state index in [1.165, 1.54) is 5.69 Å². The van der Waals surface area contributed by atoms with Gasteiger partial charge >= 0.3 is 6.09 Å². The molecule has 0 unspecified atom stereocenters. The Kier molecular flexibility index (Phi) is 5.18. The highest BCUT2D eigenvalue weighted by atomic mass is 79.9. The summed E-state index contributed by atoms with van der Waals surface area (Å²) in [6.07, 6.45) is 3.33. The lowest BCUT2D eigenvalue weighted by molar-refractivity contribution is 0.0497. The van der Waals surface area contributed by atoms with Crippen molar-refractivity contribution in [2.24, 2.45) is 0 Å². The first-order chi connectivity index (χ1) is 11.8. The van der Waals surface area contributed by atoms with Gasteiger partial charge in [-0.1, -0.05) is 15.9 Å². The summed E-state index contributed by atoms with van der Waals surface area (Å²) in [7, 11) is 0. The largest absolute Gasteiger partial charge is 0.444 e. The number of halogens is 1. The highest BCUT2D eigenvalue weighted by molar-refractivity contribution is 9.10. The maximum Gasteiger partial charge on any atom is 0.407 e. The van der Waals surface area contributed by atoms with E-state index in [1.54, 1.807) is 0 Å². The third kappa shape index (κ3) is 4.63. The molecule has 3 rings (SSSR count). The molecule has 0 radical (unpaired) electrons. The van der Waals surface area contributed by atoms with Crippen molar-refractivity contribution < 1.29 is 9.53 Å². The lowest BCUT2D eigenvalue weighted by atomic mass is 10.0. The van der Waals surface area contributed by atoms with Crippen LogP contribution in [-0.4, -0.2) is 35.8 Å². The maximum atomic E-state index is 11.9. The molecule has 1 aromatic heterocycles. The van der Waals surface area contributed by atoms with E-state index in [4.69, 9.17) is 4.74 Å². The number of nitrogens with zero attached hydrogens (tertiary/aromatic N) is 2. The predicted molar refractivity (Wildman–Crippen MR) is 104 cm³/mol. The highest BCUT2D eigenvalue weighted by Crippen LogP contribution is 2.30. The third-order valence-electron chi connectivity index (χ3n) is 4.24. The zero-order chi connectivity index (χ0) is 18.0. The number of hydrogen-bond donors (Lipinski definition) is 1. The van der Waals surface area contributed by atoms with Crippen molar-refractivity contribution in [2.45, 2.75) is 45.3 Å². The molecule has 1 aliphatic rings. The molecule has 0 bridgehead atoms. The average Bonchev–Trinajstić information content (AvgIpc) is 2.53. The third-order valence-corrected chi connectivity index (χ3v) is 4.73. The van der Waals surface area contributed by atoms with Crippen LogP contribution in [0, 0.1) is 0 Å². The minimum absolute atomic E-state index is 0.158. The summed E-state index contributed by atoms with van der Waals surface area (Å²) in [6.45, 7) is 7.42. The first kappa shape index (κ1) is 18.0. The van der Waals surface area contributed by atoms with Gasteiger partial charge in [-0.2, -0.15) is 0 Å². The Labute approximate surface area is 156 Å². The van der Waals surface area contributed by atoms with Crippen molar-refractivity contribution in [1.82, 2.24) is 10.3 Å². The summed E-state index contributed by atoms with van der Waals surface area (Å²) < 4.78 is 6.40. The van der Waals surface area contributed by atoms with Gasteiger partial charge in [0.15, 0.2) is 0 Å². The van der Waals surface area contributed by atoms with Gasteiger partial charge in [0, 0.05) is 40.9 Å². The van der Waals surface area contributed by atoms with E-state index in [-0.39, 0.29) is 12.1 Å². The monoisotopic (exact) mass is 405 g/mol. The number of nitrogens with one attached hydrogen (secondary N) is 1. The number of aromatic nitrogens is 1. The fourth-order valence-electron chi connectivity index (χ4n) is 3.12. The Morgan fingerprint density at radius 3 is 2.68 bits per heavy atom. The van der Waals surface area contributed by atoms with Gasteiger partial charge in [0.05, 0.1) is 5.52 Å². The van der Waals surface area contributed by atoms with Crippen LogP contribution in [0.1, 0.15) is 33.6 Å². The van der Waals surface area contributed by atoms with E-state index >= 15 is 0 Å². The lowest BCUT2D eigenvalue weighted by Gasteiger charge is -2.34. The Hall–Kier alpha value is -1.82. The average molecular weight is 406 g/mol. The molecule has 1 N–H and O–H groups in total. The van der Waals surface area contributed by atoms with Gasteiger partial charge < -0.3 is 15.0 Å². The number of piperidine rings is 1. The van der Waals surface area contributed by atoms with Crippen molar-refractivity contribution in [3.05, 3.63) is 34.9 Å². The van der Waals surface area contributed by atoms with Gasteiger partial charge in [-0.3, -0.25) is 4.98 Å². The summed E-state index contributed by atoms with van der Waals surface area (Å²) in [5.41, 5.74) is 1.73. The molecule has 0 spiro atoms. The van der Waals surface area contributed by atoms with Crippen molar-refractivity contribution in [3.8, 4) is 0 Å². The molecule has 2 aromatic rings. The van der Waals surface area contributed by atoms with Crippen molar-refractivity contribution in [3.63, 3.8) is 0 Å². The number of fused-ring (bicyclic) bond motifs is 1. The fourth-order valence-corrected chi connectivity index (χ4v) is 3.48. The van der Waals surface area contributed by atoms with Crippen LogP contribution < -0.4 is 10.2 Å². The van der Waals surface area contributed by atoms with Gasteiger partial charge in [-0.05, 0) is 57.9 Å². The highest BCUT2D eigenvalue weighted by Gasteiger charge is 2.24. The van der Waals surface area contributed by atoms with Gasteiger partial charge in [-0.25, -0.2) is 4.79 Å². The molecule has 0 atom stereocenters. The Bertz CT molecular complexity index is 765. The predicted octanol–water partition coefficient (Wildman–Crippen LogP) is 4.49. The first-order valence-electron chi connectivity index (χ1n) is 8.60. The SMILES string of the molecule is CC(C)(C)OC(=O)NC1CCN(c2ccnc3ccc(Br)cc23)CC1. The number of carbonyl (C=O) groups is 1. The fraction of sp³-hybridized carbons (Fsp3) is 0.474.